The van der Waals surface area contributed by atoms with E-state index in [4.69, 9.17) is 0 Å². The van der Waals surface area contributed by atoms with Crippen LogP contribution in [-0.2, 0) is 9.59 Å². The third kappa shape index (κ3) is 4.53. The molecular weight excluding hydrogens is 414 g/mol. The number of anilines is 1. The average molecular weight is 432 g/mol. The first kappa shape index (κ1) is 18.7. The van der Waals surface area contributed by atoms with Crippen molar-refractivity contribution in [3.8, 4) is 0 Å². The molecule has 0 spiro atoms. The highest BCUT2D eigenvalue weighted by Crippen LogP contribution is 2.26. The van der Waals surface area contributed by atoms with Crippen molar-refractivity contribution in [2.45, 2.75) is 25.5 Å². The Kier molecular flexibility index (Phi) is 5.78. The summed E-state index contributed by atoms with van der Waals surface area (Å²) in [5.74, 6) is -0.377. The molecule has 2 amide bonds. The number of benzene rings is 2. The van der Waals surface area contributed by atoms with Gasteiger partial charge in [-0.3, -0.25) is 9.59 Å². The molecule has 0 radical (unpaired) electrons. The molecule has 1 aliphatic heterocycles. The van der Waals surface area contributed by atoms with Crippen LogP contribution in [0.1, 0.15) is 17.5 Å². The molecule has 1 atom stereocenters. The standard InChI is InChI=1S/C19H18BrN3O2S/c1-11-4-3-5-15(12(11)2)22-17(24)10-16-18(25)23-19(26-16)21-14-8-6-13(20)7-9-14/h3-9,16H,10H2,1-2H3,(H,22,24)(H,21,23,25)/t16-/m1/s1. The van der Waals surface area contributed by atoms with Crippen LogP contribution in [0.3, 0.4) is 0 Å². The minimum absolute atomic E-state index is 0.100. The maximum absolute atomic E-state index is 12.3. The van der Waals surface area contributed by atoms with Gasteiger partial charge in [0.15, 0.2) is 5.17 Å². The molecule has 1 fully saturated rings. The van der Waals surface area contributed by atoms with E-state index < -0.39 is 5.25 Å². The number of carbonyl (C=O) groups is 2. The van der Waals surface area contributed by atoms with Gasteiger partial charge < -0.3 is 10.6 Å². The topological polar surface area (TPSA) is 70.6 Å². The Hall–Kier alpha value is -2.12. The molecule has 0 unspecified atom stereocenters. The van der Waals surface area contributed by atoms with E-state index in [9.17, 15) is 9.59 Å². The zero-order chi connectivity index (χ0) is 18.7. The molecule has 1 aliphatic rings. The fraction of sp³-hybridized carbons (Fsp3) is 0.211. The Morgan fingerprint density at radius 1 is 1.23 bits per heavy atom. The van der Waals surface area contributed by atoms with Crippen molar-refractivity contribution in [1.82, 2.24) is 5.32 Å². The number of carbonyl (C=O) groups excluding carboxylic acids is 2. The number of thioether (sulfide) groups is 1. The van der Waals surface area contributed by atoms with E-state index >= 15 is 0 Å². The lowest BCUT2D eigenvalue weighted by atomic mass is 10.1. The first-order valence-corrected chi connectivity index (χ1v) is 9.77. The molecule has 3 rings (SSSR count). The summed E-state index contributed by atoms with van der Waals surface area (Å²) in [7, 11) is 0. The van der Waals surface area contributed by atoms with Crippen LogP contribution < -0.4 is 10.6 Å². The van der Waals surface area contributed by atoms with Gasteiger partial charge in [-0.15, -0.1) is 0 Å². The number of nitrogens with zero attached hydrogens (tertiary/aromatic N) is 1. The second kappa shape index (κ2) is 8.05. The van der Waals surface area contributed by atoms with E-state index in [-0.39, 0.29) is 18.2 Å². The van der Waals surface area contributed by atoms with Crippen molar-refractivity contribution in [2.75, 3.05) is 5.32 Å². The van der Waals surface area contributed by atoms with Crippen LogP contribution in [0.15, 0.2) is 51.9 Å². The third-order valence-corrected chi connectivity index (χ3v) is 5.69. The first-order chi connectivity index (χ1) is 12.4. The van der Waals surface area contributed by atoms with Gasteiger partial charge in [0.05, 0.1) is 5.69 Å². The van der Waals surface area contributed by atoms with Crippen molar-refractivity contribution in [3.05, 3.63) is 58.1 Å². The van der Waals surface area contributed by atoms with Gasteiger partial charge in [0.1, 0.15) is 5.25 Å². The van der Waals surface area contributed by atoms with Crippen molar-refractivity contribution >= 4 is 56.0 Å². The van der Waals surface area contributed by atoms with E-state index in [2.05, 4.69) is 31.6 Å². The number of amides is 2. The largest absolute Gasteiger partial charge is 0.326 e. The van der Waals surface area contributed by atoms with Crippen molar-refractivity contribution < 1.29 is 9.59 Å². The molecule has 26 heavy (non-hydrogen) atoms. The van der Waals surface area contributed by atoms with Crippen LogP contribution >= 0.6 is 27.7 Å². The zero-order valence-electron chi connectivity index (χ0n) is 14.4. The van der Waals surface area contributed by atoms with E-state index in [1.165, 1.54) is 11.8 Å². The summed E-state index contributed by atoms with van der Waals surface area (Å²) in [5.41, 5.74) is 3.67. The molecule has 2 aromatic carbocycles. The van der Waals surface area contributed by atoms with Crippen LogP contribution in [0.5, 0.6) is 0 Å². The molecule has 5 nitrogen and oxygen atoms in total. The van der Waals surface area contributed by atoms with Gasteiger partial charge in [-0.25, -0.2) is 4.99 Å². The maximum Gasteiger partial charge on any atom is 0.240 e. The van der Waals surface area contributed by atoms with E-state index in [1.54, 1.807) is 0 Å². The predicted molar refractivity (Wildman–Crippen MR) is 110 cm³/mol. The van der Waals surface area contributed by atoms with Gasteiger partial charge >= 0.3 is 0 Å². The first-order valence-electron chi connectivity index (χ1n) is 8.10. The van der Waals surface area contributed by atoms with Gasteiger partial charge in [-0.1, -0.05) is 39.8 Å². The summed E-state index contributed by atoms with van der Waals surface area (Å²) in [5, 5.41) is 5.67. The lowest BCUT2D eigenvalue weighted by Crippen LogP contribution is -2.28. The number of nitrogens with one attached hydrogen (secondary N) is 2. The molecule has 0 aliphatic carbocycles. The van der Waals surface area contributed by atoms with Crippen LogP contribution in [0.4, 0.5) is 11.4 Å². The summed E-state index contributed by atoms with van der Waals surface area (Å²) in [6.07, 6.45) is 0.100. The summed E-state index contributed by atoms with van der Waals surface area (Å²) >= 11 is 4.65. The maximum atomic E-state index is 12.3. The molecule has 2 N–H and O–H groups in total. The smallest absolute Gasteiger partial charge is 0.240 e. The highest BCUT2D eigenvalue weighted by Gasteiger charge is 2.32. The molecule has 0 bridgehead atoms. The summed E-state index contributed by atoms with van der Waals surface area (Å²) in [6.45, 7) is 3.96. The van der Waals surface area contributed by atoms with E-state index in [0.29, 0.717) is 5.17 Å². The van der Waals surface area contributed by atoms with E-state index in [0.717, 1.165) is 27.0 Å². The SMILES string of the molecule is Cc1cccc(NC(=O)C[C@H]2SC(=Nc3ccc(Br)cc3)NC2=O)c1C. The van der Waals surface area contributed by atoms with Crippen molar-refractivity contribution in [3.63, 3.8) is 0 Å². The zero-order valence-corrected chi connectivity index (χ0v) is 16.8. The van der Waals surface area contributed by atoms with Gasteiger partial charge in [-0.2, -0.15) is 0 Å². The quantitative estimate of drug-likeness (QED) is 0.757. The lowest BCUT2D eigenvalue weighted by molar-refractivity contribution is -0.122. The van der Waals surface area contributed by atoms with Gasteiger partial charge in [0.25, 0.3) is 0 Å². The van der Waals surface area contributed by atoms with Crippen molar-refractivity contribution in [2.24, 2.45) is 4.99 Å². The number of hydrogen-bond acceptors (Lipinski definition) is 4. The molecule has 0 saturated carbocycles. The Labute approximate surface area is 164 Å². The van der Waals surface area contributed by atoms with Gasteiger partial charge in [-0.05, 0) is 55.3 Å². The molecule has 0 aromatic heterocycles. The lowest BCUT2D eigenvalue weighted by Gasteiger charge is -2.11. The summed E-state index contributed by atoms with van der Waals surface area (Å²) < 4.78 is 0.963. The predicted octanol–water partition coefficient (Wildman–Crippen LogP) is 4.31. The van der Waals surface area contributed by atoms with E-state index in [1.807, 2.05) is 56.3 Å². The fourth-order valence-corrected chi connectivity index (χ4v) is 3.73. The third-order valence-electron chi connectivity index (χ3n) is 4.08. The molecule has 134 valence electrons. The van der Waals surface area contributed by atoms with Crippen LogP contribution in [0, 0.1) is 13.8 Å². The molecule has 1 saturated heterocycles. The van der Waals surface area contributed by atoms with Gasteiger partial charge in [0.2, 0.25) is 11.8 Å². The average Bonchev–Trinajstić information content (AvgIpc) is 2.93. The molecular formula is C19H18BrN3O2S. The molecule has 1 heterocycles. The number of amidine groups is 1. The number of rotatable bonds is 4. The second-order valence-corrected chi connectivity index (χ2v) is 8.10. The summed E-state index contributed by atoms with van der Waals surface area (Å²) in [6, 6.07) is 13.2. The Bertz CT molecular complexity index is 881. The van der Waals surface area contributed by atoms with Crippen molar-refractivity contribution in [1.29, 1.82) is 0 Å². The van der Waals surface area contributed by atoms with Gasteiger partial charge in [0, 0.05) is 16.6 Å². The second-order valence-electron chi connectivity index (χ2n) is 5.99. The normalized spacial score (nSPS) is 18.0. The summed E-state index contributed by atoms with van der Waals surface area (Å²) in [4.78, 5) is 28.9. The fourth-order valence-electron chi connectivity index (χ4n) is 2.48. The molecule has 2 aromatic rings. The van der Waals surface area contributed by atoms with Crippen LogP contribution in [-0.4, -0.2) is 22.2 Å². The number of aliphatic imine (C=N–C) groups is 1. The van der Waals surface area contributed by atoms with Crippen LogP contribution in [0.2, 0.25) is 0 Å². The molecule has 7 heteroatoms. The number of hydrogen-bond donors (Lipinski definition) is 2. The minimum Gasteiger partial charge on any atom is -0.326 e. The monoisotopic (exact) mass is 431 g/mol. The highest BCUT2D eigenvalue weighted by molar-refractivity contribution is 9.10. The number of aryl methyl sites for hydroxylation is 1. The Morgan fingerprint density at radius 3 is 2.69 bits per heavy atom. The highest BCUT2D eigenvalue weighted by atomic mass is 79.9. The Morgan fingerprint density at radius 2 is 1.96 bits per heavy atom. The minimum atomic E-state index is -0.477. The number of halogens is 1. The Balaban J connectivity index is 1.63. The van der Waals surface area contributed by atoms with Crippen LogP contribution in [0.25, 0.3) is 0 Å².